The van der Waals surface area contributed by atoms with E-state index in [2.05, 4.69) is 0 Å². The van der Waals surface area contributed by atoms with E-state index >= 15 is 0 Å². The van der Waals surface area contributed by atoms with E-state index in [1.165, 1.54) is 6.07 Å². The van der Waals surface area contributed by atoms with Crippen molar-refractivity contribution in [3.8, 4) is 0 Å². The van der Waals surface area contributed by atoms with E-state index in [4.69, 9.17) is 0 Å². The third-order valence-corrected chi connectivity index (χ3v) is 3.73. The van der Waals surface area contributed by atoms with Crippen molar-refractivity contribution in [1.29, 1.82) is 0 Å². The molecule has 3 aromatic rings. The predicted octanol–water partition coefficient (Wildman–Crippen LogP) is 3.84. The van der Waals surface area contributed by atoms with Crippen LogP contribution in [0.25, 0.3) is 10.9 Å². The van der Waals surface area contributed by atoms with Crippen molar-refractivity contribution in [2.24, 2.45) is 0 Å². The molecule has 21 heavy (non-hydrogen) atoms. The van der Waals surface area contributed by atoms with E-state index in [1.807, 2.05) is 22.8 Å². The molecule has 2 aromatic carbocycles. The van der Waals surface area contributed by atoms with Gasteiger partial charge in [-0.3, -0.25) is 0 Å². The summed E-state index contributed by atoms with van der Waals surface area (Å²) in [6.07, 6.45) is 0. The standard InChI is InChI=1S/C17H14FNO2/c1-11-16(17(20)21)13-7-3-5-9-15(13)19(11)10-12-6-2-4-8-14(12)18/h2-9H,10H2,1H3,(H,20,21). The SMILES string of the molecule is Cc1c(C(=O)O)c2ccccc2n1Cc1ccccc1F. The molecule has 0 aliphatic rings. The number of nitrogens with zero attached hydrogens (tertiary/aromatic N) is 1. The van der Waals surface area contributed by atoms with Crippen molar-refractivity contribution < 1.29 is 14.3 Å². The first-order chi connectivity index (χ1) is 10.1. The van der Waals surface area contributed by atoms with Crippen molar-refractivity contribution in [2.45, 2.75) is 13.5 Å². The van der Waals surface area contributed by atoms with Crippen LogP contribution in [-0.2, 0) is 6.54 Å². The third kappa shape index (κ3) is 2.18. The molecule has 0 bridgehead atoms. The van der Waals surface area contributed by atoms with Gasteiger partial charge < -0.3 is 9.67 Å². The summed E-state index contributed by atoms with van der Waals surface area (Å²) >= 11 is 0. The van der Waals surface area contributed by atoms with E-state index < -0.39 is 5.97 Å². The summed E-state index contributed by atoms with van der Waals surface area (Å²) in [7, 11) is 0. The number of carbonyl (C=O) groups is 1. The maximum Gasteiger partial charge on any atom is 0.338 e. The molecular formula is C17H14FNO2. The van der Waals surface area contributed by atoms with Crippen LogP contribution in [0, 0.1) is 12.7 Å². The van der Waals surface area contributed by atoms with Crippen molar-refractivity contribution in [3.63, 3.8) is 0 Å². The highest BCUT2D eigenvalue weighted by atomic mass is 19.1. The molecule has 0 spiro atoms. The van der Waals surface area contributed by atoms with Crippen LogP contribution in [0.15, 0.2) is 48.5 Å². The van der Waals surface area contributed by atoms with Crippen LogP contribution in [0.4, 0.5) is 4.39 Å². The molecule has 0 radical (unpaired) electrons. The van der Waals surface area contributed by atoms with Gasteiger partial charge in [-0.2, -0.15) is 0 Å². The van der Waals surface area contributed by atoms with Gasteiger partial charge in [-0.05, 0) is 19.1 Å². The number of aromatic carboxylic acids is 1. The monoisotopic (exact) mass is 283 g/mol. The Bertz CT molecular complexity index is 836. The molecule has 0 aliphatic heterocycles. The zero-order valence-corrected chi connectivity index (χ0v) is 11.5. The van der Waals surface area contributed by atoms with Gasteiger partial charge in [0.1, 0.15) is 5.82 Å². The van der Waals surface area contributed by atoms with E-state index in [-0.39, 0.29) is 11.4 Å². The van der Waals surface area contributed by atoms with Gasteiger partial charge in [-0.15, -0.1) is 0 Å². The molecular weight excluding hydrogens is 269 g/mol. The second-order valence-electron chi connectivity index (χ2n) is 4.96. The number of para-hydroxylation sites is 1. The highest BCUT2D eigenvalue weighted by Gasteiger charge is 2.19. The fourth-order valence-corrected chi connectivity index (χ4v) is 2.70. The average Bonchev–Trinajstić information content (AvgIpc) is 2.74. The molecule has 0 saturated carbocycles. The van der Waals surface area contributed by atoms with Crippen LogP contribution in [0.1, 0.15) is 21.6 Å². The summed E-state index contributed by atoms with van der Waals surface area (Å²) in [6.45, 7) is 2.07. The minimum atomic E-state index is -0.962. The lowest BCUT2D eigenvalue weighted by atomic mass is 10.1. The zero-order valence-electron chi connectivity index (χ0n) is 11.5. The number of carboxylic acids is 1. The summed E-state index contributed by atoms with van der Waals surface area (Å²) in [6, 6.07) is 13.8. The first kappa shape index (κ1) is 13.4. The lowest BCUT2D eigenvalue weighted by Gasteiger charge is -2.09. The summed E-state index contributed by atoms with van der Waals surface area (Å²) in [5.74, 6) is -1.25. The van der Waals surface area contributed by atoms with E-state index in [0.29, 0.717) is 23.2 Å². The van der Waals surface area contributed by atoms with Crippen LogP contribution >= 0.6 is 0 Å². The number of fused-ring (bicyclic) bond motifs is 1. The number of aromatic nitrogens is 1. The highest BCUT2D eigenvalue weighted by molar-refractivity contribution is 6.05. The van der Waals surface area contributed by atoms with Crippen LogP contribution in [0.3, 0.4) is 0 Å². The molecule has 0 aliphatic carbocycles. The van der Waals surface area contributed by atoms with Crippen LogP contribution in [0.2, 0.25) is 0 Å². The summed E-state index contributed by atoms with van der Waals surface area (Å²) in [5.41, 5.74) is 2.25. The smallest absolute Gasteiger partial charge is 0.338 e. The van der Waals surface area contributed by atoms with Gasteiger partial charge in [-0.1, -0.05) is 36.4 Å². The van der Waals surface area contributed by atoms with E-state index in [9.17, 15) is 14.3 Å². The normalized spacial score (nSPS) is 11.0. The third-order valence-electron chi connectivity index (χ3n) is 3.73. The number of hydrogen-bond acceptors (Lipinski definition) is 1. The van der Waals surface area contributed by atoms with Gasteiger partial charge in [0.25, 0.3) is 0 Å². The number of carboxylic acid groups (broad SMARTS) is 1. The summed E-state index contributed by atoms with van der Waals surface area (Å²) in [5, 5.41) is 10.1. The molecule has 1 heterocycles. The van der Waals surface area contributed by atoms with Crippen LogP contribution in [0.5, 0.6) is 0 Å². The Hall–Kier alpha value is -2.62. The number of rotatable bonds is 3. The fraction of sp³-hybridized carbons (Fsp3) is 0.118. The van der Waals surface area contributed by atoms with Crippen molar-refractivity contribution in [2.75, 3.05) is 0 Å². The lowest BCUT2D eigenvalue weighted by Crippen LogP contribution is -2.05. The molecule has 1 N–H and O–H groups in total. The fourth-order valence-electron chi connectivity index (χ4n) is 2.70. The topological polar surface area (TPSA) is 42.2 Å². The van der Waals surface area contributed by atoms with Gasteiger partial charge in [-0.25, -0.2) is 9.18 Å². The molecule has 3 nitrogen and oxygen atoms in total. The Morgan fingerprint density at radius 1 is 1.14 bits per heavy atom. The van der Waals surface area contributed by atoms with Crippen molar-refractivity contribution in [3.05, 3.63) is 71.2 Å². The zero-order chi connectivity index (χ0) is 15.0. The van der Waals surface area contributed by atoms with Gasteiger partial charge in [0.2, 0.25) is 0 Å². The minimum absolute atomic E-state index is 0.280. The average molecular weight is 283 g/mol. The Morgan fingerprint density at radius 2 is 1.81 bits per heavy atom. The molecule has 0 fully saturated rings. The summed E-state index contributed by atoms with van der Waals surface area (Å²) in [4.78, 5) is 11.5. The Morgan fingerprint density at radius 3 is 2.52 bits per heavy atom. The maximum absolute atomic E-state index is 13.8. The van der Waals surface area contributed by atoms with Gasteiger partial charge in [0.05, 0.1) is 12.1 Å². The molecule has 0 saturated heterocycles. The number of hydrogen-bond donors (Lipinski definition) is 1. The molecule has 1 aromatic heterocycles. The second-order valence-corrected chi connectivity index (χ2v) is 4.96. The largest absolute Gasteiger partial charge is 0.478 e. The second kappa shape index (κ2) is 5.05. The van der Waals surface area contributed by atoms with Crippen LogP contribution < -0.4 is 0 Å². The highest BCUT2D eigenvalue weighted by Crippen LogP contribution is 2.27. The first-order valence-corrected chi connectivity index (χ1v) is 6.64. The Balaban J connectivity index is 2.21. The summed E-state index contributed by atoms with van der Waals surface area (Å²) < 4.78 is 15.7. The molecule has 106 valence electrons. The molecule has 0 amide bonds. The van der Waals surface area contributed by atoms with E-state index in [0.717, 1.165) is 5.52 Å². The Labute approximate surface area is 121 Å². The van der Waals surface area contributed by atoms with Crippen molar-refractivity contribution >= 4 is 16.9 Å². The number of benzene rings is 2. The number of halogens is 1. The van der Waals surface area contributed by atoms with Gasteiger partial charge in [0.15, 0.2) is 0 Å². The quantitative estimate of drug-likeness (QED) is 0.793. The predicted molar refractivity (Wildman–Crippen MR) is 79.1 cm³/mol. The van der Waals surface area contributed by atoms with Crippen molar-refractivity contribution in [1.82, 2.24) is 4.57 Å². The Kier molecular flexibility index (Phi) is 3.22. The maximum atomic E-state index is 13.8. The lowest BCUT2D eigenvalue weighted by molar-refractivity contribution is 0.0698. The first-order valence-electron chi connectivity index (χ1n) is 6.64. The van der Waals surface area contributed by atoms with Crippen LogP contribution in [-0.4, -0.2) is 15.6 Å². The van der Waals surface area contributed by atoms with Gasteiger partial charge in [0, 0.05) is 22.2 Å². The van der Waals surface area contributed by atoms with E-state index in [1.54, 1.807) is 31.2 Å². The molecule has 4 heteroatoms. The molecule has 3 rings (SSSR count). The molecule has 0 unspecified atom stereocenters. The molecule has 0 atom stereocenters. The minimum Gasteiger partial charge on any atom is -0.478 e. The van der Waals surface area contributed by atoms with Gasteiger partial charge >= 0.3 is 5.97 Å².